The molecular formula is C11H22N2O2. The Labute approximate surface area is 91.8 Å². The standard InChI is InChI=1S/C11H22N2O2/c1-9(10(14)12-7-8-15-3)13-11(2)5-4-6-11/h9,13H,4-8H2,1-3H3,(H,12,14). The zero-order chi connectivity index (χ0) is 11.3. The molecule has 0 aliphatic heterocycles. The average Bonchev–Trinajstić information content (AvgIpc) is 2.15. The van der Waals surface area contributed by atoms with Crippen LogP contribution < -0.4 is 10.6 Å². The molecule has 0 aromatic rings. The predicted octanol–water partition coefficient (Wildman–Crippen LogP) is 0.670. The van der Waals surface area contributed by atoms with Gasteiger partial charge in [-0.25, -0.2) is 0 Å². The zero-order valence-corrected chi connectivity index (χ0v) is 9.93. The summed E-state index contributed by atoms with van der Waals surface area (Å²) in [5.74, 6) is 0.0557. The van der Waals surface area contributed by atoms with Crippen molar-refractivity contribution in [3.63, 3.8) is 0 Å². The summed E-state index contributed by atoms with van der Waals surface area (Å²) in [5, 5.41) is 6.19. The summed E-state index contributed by atoms with van der Waals surface area (Å²) in [7, 11) is 1.63. The van der Waals surface area contributed by atoms with Crippen LogP contribution in [0.4, 0.5) is 0 Å². The van der Waals surface area contributed by atoms with Crippen molar-refractivity contribution in [1.82, 2.24) is 10.6 Å². The quantitative estimate of drug-likeness (QED) is 0.639. The van der Waals surface area contributed by atoms with Gasteiger partial charge in [-0.1, -0.05) is 0 Å². The highest BCUT2D eigenvalue weighted by Crippen LogP contribution is 2.31. The van der Waals surface area contributed by atoms with E-state index in [-0.39, 0.29) is 17.5 Å². The molecule has 1 amide bonds. The summed E-state index contributed by atoms with van der Waals surface area (Å²) in [6, 6.07) is -0.118. The summed E-state index contributed by atoms with van der Waals surface area (Å²) in [6.45, 7) is 5.23. The number of hydrogen-bond donors (Lipinski definition) is 2. The van der Waals surface area contributed by atoms with Gasteiger partial charge in [0.15, 0.2) is 0 Å². The van der Waals surface area contributed by atoms with Gasteiger partial charge >= 0.3 is 0 Å². The number of amides is 1. The van der Waals surface area contributed by atoms with Gasteiger partial charge in [-0.3, -0.25) is 4.79 Å². The second-order valence-corrected chi connectivity index (χ2v) is 4.56. The lowest BCUT2D eigenvalue weighted by Gasteiger charge is -2.41. The zero-order valence-electron chi connectivity index (χ0n) is 9.93. The average molecular weight is 214 g/mol. The Morgan fingerprint density at radius 2 is 2.20 bits per heavy atom. The van der Waals surface area contributed by atoms with Crippen LogP contribution in [0.1, 0.15) is 33.1 Å². The molecule has 88 valence electrons. The Bertz CT molecular complexity index is 215. The fourth-order valence-electron chi connectivity index (χ4n) is 1.87. The van der Waals surface area contributed by atoms with E-state index in [4.69, 9.17) is 4.74 Å². The number of rotatable bonds is 6. The van der Waals surface area contributed by atoms with Gasteiger partial charge in [0, 0.05) is 19.2 Å². The summed E-state index contributed by atoms with van der Waals surface area (Å²) >= 11 is 0. The number of carbonyl (C=O) groups excluding carboxylic acids is 1. The molecule has 4 nitrogen and oxygen atoms in total. The first-order valence-corrected chi connectivity index (χ1v) is 5.62. The molecule has 0 saturated heterocycles. The van der Waals surface area contributed by atoms with E-state index < -0.39 is 0 Å². The molecule has 0 bridgehead atoms. The number of nitrogens with one attached hydrogen (secondary N) is 2. The topological polar surface area (TPSA) is 50.4 Å². The van der Waals surface area contributed by atoms with Gasteiger partial charge in [-0.05, 0) is 33.1 Å². The normalized spacial score (nSPS) is 20.5. The number of carbonyl (C=O) groups is 1. The van der Waals surface area contributed by atoms with Crippen molar-refractivity contribution in [2.24, 2.45) is 0 Å². The lowest BCUT2D eigenvalue weighted by atomic mass is 9.78. The first-order valence-electron chi connectivity index (χ1n) is 5.62. The van der Waals surface area contributed by atoms with Crippen LogP contribution >= 0.6 is 0 Å². The summed E-state index contributed by atoms with van der Waals surface area (Å²) in [4.78, 5) is 11.6. The molecule has 1 unspecified atom stereocenters. The summed E-state index contributed by atoms with van der Waals surface area (Å²) < 4.78 is 4.87. The van der Waals surface area contributed by atoms with Crippen molar-refractivity contribution in [3.8, 4) is 0 Å². The van der Waals surface area contributed by atoms with E-state index in [1.165, 1.54) is 19.3 Å². The summed E-state index contributed by atoms with van der Waals surface area (Å²) in [6.07, 6.45) is 3.60. The van der Waals surface area contributed by atoms with Gasteiger partial charge in [-0.15, -0.1) is 0 Å². The van der Waals surface area contributed by atoms with Crippen molar-refractivity contribution < 1.29 is 9.53 Å². The van der Waals surface area contributed by atoms with Crippen LogP contribution in [0.25, 0.3) is 0 Å². The van der Waals surface area contributed by atoms with E-state index in [2.05, 4.69) is 17.6 Å². The molecule has 1 atom stereocenters. The van der Waals surface area contributed by atoms with E-state index in [1.54, 1.807) is 7.11 Å². The minimum atomic E-state index is -0.118. The molecule has 0 spiro atoms. The van der Waals surface area contributed by atoms with Crippen molar-refractivity contribution >= 4 is 5.91 Å². The molecule has 15 heavy (non-hydrogen) atoms. The Balaban J connectivity index is 2.20. The van der Waals surface area contributed by atoms with Gasteiger partial charge in [0.2, 0.25) is 5.91 Å². The number of hydrogen-bond acceptors (Lipinski definition) is 3. The first-order chi connectivity index (χ1) is 7.07. The lowest BCUT2D eigenvalue weighted by molar-refractivity contribution is -0.123. The first kappa shape index (κ1) is 12.5. The van der Waals surface area contributed by atoms with E-state index in [0.717, 1.165) is 0 Å². The van der Waals surface area contributed by atoms with Crippen LogP contribution in [0, 0.1) is 0 Å². The fraction of sp³-hybridized carbons (Fsp3) is 0.909. The molecule has 1 aliphatic rings. The third-order valence-corrected chi connectivity index (χ3v) is 3.02. The van der Waals surface area contributed by atoms with Crippen molar-refractivity contribution in [3.05, 3.63) is 0 Å². The van der Waals surface area contributed by atoms with Crippen LogP contribution in [0.5, 0.6) is 0 Å². The smallest absolute Gasteiger partial charge is 0.236 e. The molecule has 0 heterocycles. The van der Waals surface area contributed by atoms with Crippen molar-refractivity contribution in [2.75, 3.05) is 20.3 Å². The molecule has 0 aromatic carbocycles. The molecule has 0 aromatic heterocycles. The van der Waals surface area contributed by atoms with Gasteiger partial charge in [0.25, 0.3) is 0 Å². The highest BCUT2D eigenvalue weighted by atomic mass is 16.5. The maximum atomic E-state index is 11.6. The minimum absolute atomic E-state index is 0.0557. The van der Waals surface area contributed by atoms with Gasteiger partial charge < -0.3 is 15.4 Å². The second-order valence-electron chi connectivity index (χ2n) is 4.56. The minimum Gasteiger partial charge on any atom is -0.383 e. The second kappa shape index (κ2) is 5.47. The molecule has 4 heteroatoms. The van der Waals surface area contributed by atoms with Gasteiger partial charge in [0.05, 0.1) is 12.6 Å². The highest BCUT2D eigenvalue weighted by Gasteiger charge is 2.33. The van der Waals surface area contributed by atoms with E-state index >= 15 is 0 Å². The number of methoxy groups -OCH3 is 1. The molecule has 2 N–H and O–H groups in total. The fourth-order valence-corrected chi connectivity index (χ4v) is 1.87. The van der Waals surface area contributed by atoms with Gasteiger partial charge in [0.1, 0.15) is 0 Å². The monoisotopic (exact) mass is 214 g/mol. The van der Waals surface area contributed by atoms with E-state index in [9.17, 15) is 4.79 Å². The predicted molar refractivity (Wildman–Crippen MR) is 59.7 cm³/mol. The van der Waals surface area contributed by atoms with E-state index in [0.29, 0.717) is 13.2 Å². The maximum Gasteiger partial charge on any atom is 0.236 e. The van der Waals surface area contributed by atoms with Crippen molar-refractivity contribution in [1.29, 1.82) is 0 Å². The maximum absolute atomic E-state index is 11.6. The third kappa shape index (κ3) is 3.80. The van der Waals surface area contributed by atoms with Crippen LogP contribution in [0.15, 0.2) is 0 Å². The van der Waals surface area contributed by atoms with Crippen LogP contribution in [-0.4, -0.2) is 37.7 Å². The highest BCUT2D eigenvalue weighted by molar-refractivity contribution is 5.81. The molecule has 0 radical (unpaired) electrons. The third-order valence-electron chi connectivity index (χ3n) is 3.02. The largest absolute Gasteiger partial charge is 0.383 e. The molecular weight excluding hydrogens is 192 g/mol. The Morgan fingerprint density at radius 3 is 2.67 bits per heavy atom. The lowest BCUT2D eigenvalue weighted by Crippen LogP contribution is -2.56. The molecule has 1 aliphatic carbocycles. The Kier molecular flexibility index (Phi) is 4.54. The number of ether oxygens (including phenoxy) is 1. The Hall–Kier alpha value is -0.610. The Morgan fingerprint density at radius 1 is 1.53 bits per heavy atom. The molecule has 1 saturated carbocycles. The SMILES string of the molecule is COCCNC(=O)C(C)NC1(C)CCC1. The van der Waals surface area contributed by atoms with Crippen LogP contribution in [0.3, 0.4) is 0 Å². The van der Waals surface area contributed by atoms with Gasteiger partial charge in [-0.2, -0.15) is 0 Å². The molecule has 1 rings (SSSR count). The van der Waals surface area contributed by atoms with Crippen LogP contribution in [-0.2, 0) is 9.53 Å². The van der Waals surface area contributed by atoms with Crippen molar-refractivity contribution in [2.45, 2.75) is 44.7 Å². The van der Waals surface area contributed by atoms with Crippen LogP contribution in [0.2, 0.25) is 0 Å². The molecule has 1 fully saturated rings. The van der Waals surface area contributed by atoms with E-state index in [1.807, 2.05) is 6.92 Å². The summed E-state index contributed by atoms with van der Waals surface area (Å²) in [5.41, 5.74) is 0.179.